The van der Waals surface area contributed by atoms with Crippen molar-refractivity contribution in [3.63, 3.8) is 0 Å². The summed E-state index contributed by atoms with van der Waals surface area (Å²) < 4.78 is 5.34. The van der Waals surface area contributed by atoms with E-state index in [9.17, 15) is 0 Å². The van der Waals surface area contributed by atoms with Crippen LogP contribution in [-0.4, -0.2) is 6.10 Å². The smallest absolute Gasteiger partial charge is 0.119 e. The van der Waals surface area contributed by atoms with Crippen molar-refractivity contribution in [3.05, 3.63) is 30.9 Å². The molecule has 0 spiro atoms. The van der Waals surface area contributed by atoms with Crippen molar-refractivity contribution in [2.45, 2.75) is 38.7 Å². The zero-order valence-electron chi connectivity index (χ0n) is 7.70. The molecule has 1 heteroatoms. The van der Waals surface area contributed by atoms with Crippen LogP contribution in [0.15, 0.2) is 24.5 Å². The summed E-state index contributed by atoms with van der Waals surface area (Å²) in [6.07, 6.45) is 15.3. The molecule has 12 heavy (non-hydrogen) atoms. The first-order valence-electron chi connectivity index (χ1n) is 4.75. The number of ether oxygens (including phenoxy) is 1. The Morgan fingerprint density at radius 1 is 1.33 bits per heavy atom. The van der Waals surface area contributed by atoms with Gasteiger partial charge in [0.05, 0.1) is 6.26 Å². The zero-order valence-corrected chi connectivity index (χ0v) is 7.70. The molecule has 0 fully saturated rings. The van der Waals surface area contributed by atoms with Crippen molar-refractivity contribution in [2.75, 3.05) is 0 Å². The van der Waals surface area contributed by atoms with Gasteiger partial charge in [-0.1, -0.05) is 32.3 Å². The molecule has 1 nitrogen and oxygen atoms in total. The second kappa shape index (κ2) is 5.87. The van der Waals surface area contributed by atoms with Crippen LogP contribution in [0.1, 0.15) is 32.6 Å². The molecule has 0 bridgehead atoms. The summed E-state index contributed by atoms with van der Waals surface area (Å²) in [7, 11) is 0. The molecule has 1 unspecified atom stereocenters. The highest BCUT2D eigenvalue weighted by molar-refractivity contribution is 5.10. The van der Waals surface area contributed by atoms with E-state index in [-0.39, 0.29) is 6.10 Å². The maximum atomic E-state index is 5.34. The lowest BCUT2D eigenvalue weighted by Gasteiger charge is -2.13. The van der Waals surface area contributed by atoms with Crippen LogP contribution in [0.4, 0.5) is 0 Å². The Kier molecular flexibility index (Phi) is 4.58. The molecule has 0 saturated heterocycles. The zero-order chi connectivity index (χ0) is 8.65. The van der Waals surface area contributed by atoms with Gasteiger partial charge in [-0.3, -0.25) is 0 Å². The maximum Gasteiger partial charge on any atom is 0.119 e. The summed E-state index contributed by atoms with van der Waals surface area (Å²) in [6, 6.07) is 0. The highest BCUT2D eigenvalue weighted by Crippen LogP contribution is 2.10. The van der Waals surface area contributed by atoms with E-state index in [0.29, 0.717) is 0 Å². The van der Waals surface area contributed by atoms with E-state index >= 15 is 0 Å². The van der Waals surface area contributed by atoms with Gasteiger partial charge >= 0.3 is 0 Å². The summed E-state index contributed by atoms with van der Waals surface area (Å²) >= 11 is 0. The van der Waals surface area contributed by atoms with Gasteiger partial charge in [-0.05, 0) is 18.6 Å². The molecule has 0 aliphatic carbocycles. The summed E-state index contributed by atoms with van der Waals surface area (Å²) in [6.45, 7) is 2.22. The first-order valence-corrected chi connectivity index (χ1v) is 4.75. The molecule has 0 aromatic rings. The van der Waals surface area contributed by atoms with Crippen molar-refractivity contribution < 1.29 is 4.74 Å². The van der Waals surface area contributed by atoms with Gasteiger partial charge in [-0.2, -0.15) is 0 Å². The van der Waals surface area contributed by atoms with Crippen LogP contribution in [0, 0.1) is 6.42 Å². The molecule has 1 atom stereocenters. The molecule has 67 valence electrons. The van der Waals surface area contributed by atoms with Gasteiger partial charge in [-0.15, -0.1) is 0 Å². The number of rotatable bonds is 5. The maximum absolute atomic E-state index is 5.34. The quantitative estimate of drug-likeness (QED) is 0.568. The van der Waals surface area contributed by atoms with E-state index < -0.39 is 0 Å². The van der Waals surface area contributed by atoms with E-state index in [0.717, 1.165) is 6.42 Å². The van der Waals surface area contributed by atoms with Crippen LogP contribution in [0.2, 0.25) is 0 Å². The van der Waals surface area contributed by atoms with Gasteiger partial charge in [0.2, 0.25) is 0 Å². The SMILES string of the molecule is CCCCC[CH]C1C=CC=CO1. The largest absolute Gasteiger partial charge is 0.494 e. The van der Waals surface area contributed by atoms with Crippen LogP contribution >= 0.6 is 0 Å². The fourth-order valence-corrected chi connectivity index (χ4v) is 1.21. The third-order valence-corrected chi connectivity index (χ3v) is 1.93. The summed E-state index contributed by atoms with van der Waals surface area (Å²) in [5, 5.41) is 0. The number of allylic oxidation sites excluding steroid dienone is 2. The average molecular weight is 165 g/mol. The number of hydrogen-bond acceptors (Lipinski definition) is 1. The van der Waals surface area contributed by atoms with E-state index in [1.807, 2.05) is 12.2 Å². The molecule has 0 aromatic carbocycles. The monoisotopic (exact) mass is 165 g/mol. The van der Waals surface area contributed by atoms with Crippen molar-refractivity contribution in [1.29, 1.82) is 0 Å². The Balaban J connectivity index is 2.00. The topological polar surface area (TPSA) is 9.23 Å². The summed E-state index contributed by atoms with van der Waals surface area (Å²) in [4.78, 5) is 0. The van der Waals surface area contributed by atoms with E-state index in [1.165, 1.54) is 19.3 Å². The van der Waals surface area contributed by atoms with Crippen molar-refractivity contribution in [2.24, 2.45) is 0 Å². The van der Waals surface area contributed by atoms with Gasteiger partial charge in [0.15, 0.2) is 0 Å². The first kappa shape index (κ1) is 9.37. The molecule has 1 rings (SSSR count). The van der Waals surface area contributed by atoms with Crippen molar-refractivity contribution in [1.82, 2.24) is 0 Å². The minimum atomic E-state index is 0.215. The van der Waals surface area contributed by atoms with Crippen molar-refractivity contribution >= 4 is 0 Å². The standard InChI is InChI=1S/C11H17O/c1-2-3-4-5-8-11-9-6-7-10-12-11/h6-11H,2-5H2,1H3. The number of unbranched alkanes of at least 4 members (excludes halogenated alkanes) is 3. The molecular weight excluding hydrogens is 148 g/mol. The normalized spacial score (nSPS) is 20.9. The molecule has 0 aromatic heterocycles. The minimum Gasteiger partial charge on any atom is -0.494 e. The summed E-state index contributed by atoms with van der Waals surface area (Å²) in [5.74, 6) is 0. The highest BCUT2D eigenvalue weighted by Gasteiger charge is 2.04. The average Bonchev–Trinajstić information content (AvgIpc) is 2.14. The second-order valence-corrected chi connectivity index (χ2v) is 3.05. The van der Waals surface area contributed by atoms with Gasteiger partial charge in [0.1, 0.15) is 6.10 Å². The van der Waals surface area contributed by atoms with Gasteiger partial charge in [-0.25, -0.2) is 0 Å². The van der Waals surface area contributed by atoms with Crippen molar-refractivity contribution in [3.8, 4) is 0 Å². The molecule has 1 aliphatic heterocycles. The predicted octanol–water partition coefficient (Wildman–Crippen LogP) is 3.24. The van der Waals surface area contributed by atoms with Crippen LogP contribution in [0.5, 0.6) is 0 Å². The van der Waals surface area contributed by atoms with E-state index in [2.05, 4.69) is 19.4 Å². The molecule has 0 saturated carbocycles. The van der Waals surface area contributed by atoms with E-state index in [4.69, 9.17) is 4.74 Å². The van der Waals surface area contributed by atoms with Crippen LogP contribution in [0.3, 0.4) is 0 Å². The minimum absolute atomic E-state index is 0.215. The Bertz CT molecular complexity index is 158. The first-order chi connectivity index (χ1) is 5.93. The Morgan fingerprint density at radius 3 is 2.92 bits per heavy atom. The lowest BCUT2D eigenvalue weighted by atomic mass is 10.1. The van der Waals surface area contributed by atoms with Gasteiger partial charge in [0.25, 0.3) is 0 Å². The summed E-state index contributed by atoms with van der Waals surface area (Å²) in [5.41, 5.74) is 0. The lowest BCUT2D eigenvalue weighted by Crippen LogP contribution is -2.08. The second-order valence-electron chi connectivity index (χ2n) is 3.05. The van der Waals surface area contributed by atoms with Gasteiger partial charge < -0.3 is 4.74 Å². The molecule has 0 N–H and O–H groups in total. The lowest BCUT2D eigenvalue weighted by molar-refractivity contribution is 0.206. The Morgan fingerprint density at radius 2 is 2.25 bits per heavy atom. The van der Waals surface area contributed by atoms with Crippen LogP contribution < -0.4 is 0 Å². The molecule has 1 aliphatic rings. The van der Waals surface area contributed by atoms with Gasteiger partial charge in [0, 0.05) is 6.42 Å². The molecular formula is C11H17O. The predicted molar refractivity (Wildman–Crippen MR) is 51.6 cm³/mol. The molecule has 1 heterocycles. The van der Waals surface area contributed by atoms with Crippen LogP contribution in [-0.2, 0) is 4.74 Å². The molecule has 0 amide bonds. The third-order valence-electron chi connectivity index (χ3n) is 1.93. The number of hydrogen-bond donors (Lipinski definition) is 0. The Hall–Kier alpha value is -0.720. The van der Waals surface area contributed by atoms with Crippen LogP contribution in [0.25, 0.3) is 0 Å². The fourth-order valence-electron chi connectivity index (χ4n) is 1.21. The third kappa shape index (κ3) is 3.61. The Labute approximate surface area is 75.1 Å². The van der Waals surface area contributed by atoms with E-state index in [1.54, 1.807) is 6.26 Å². The highest BCUT2D eigenvalue weighted by atomic mass is 16.5. The molecule has 1 radical (unpaired) electrons. The fraction of sp³-hybridized carbons (Fsp3) is 0.545.